The van der Waals surface area contributed by atoms with Crippen molar-refractivity contribution in [3.63, 3.8) is 0 Å². The van der Waals surface area contributed by atoms with Crippen molar-refractivity contribution >= 4 is 23.2 Å². The largest absolute Gasteiger partial charge is 0.351 e. The van der Waals surface area contributed by atoms with E-state index in [1.165, 1.54) is 18.3 Å². The SMILES string of the molecule is CC(=O)NCc1ccc(C(=O)N2C[C@H](C)N[C@@H](C)C2)s1. The fourth-order valence-corrected chi connectivity index (χ4v) is 3.36. The highest BCUT2D eigenvalue weighted by atomic mass is 32.1. The Morgan fingerprint density at radius 2 is 2.00 bits per heavy atom. The van der Waals surface area contributed by atoms with E-state index in [0.717, 1.165) is 22.8 Å². The van der Waals surface area contributed by atoms with Crippen LogP contribution in [0.1, 0.15) is 35.3 Å². The highest BCUT2D eigenvalue weighted by Gasteiger charge is 2.26. The molecule has 0 aliphatic carbocycles. The molecule has 0 aromatic carbocycles. The van der Waals surface area contributed by atoms with Crippen molar-refractivity contribution in [2.75, 3.05) is 13.1 Å². The van der Waals surface area contributed by atoms with Crippen LogP contribution >= 0.6 is 11.3 Å². The van der Waals surface area contributed by atoms with Gasteiger partial charge in [-0.3, -0.25) is 9.59 Å². The zero-order chi connectivity index (χ0) is 14.7. The summed E-state index contributed by atoms with van der Waals surface area (Å²) in [6, 6.07) is 4.40. The maximum Gasteiger partial charge on any atom is 0.264 e. The van der Waals surface area contributed by atoms with Crippen LogP contribution in [0.25, 0.3) is 0 Å². The normalized spacial score (nSPS) is 22.6. The van der Waals surface area contributed by atoms with Crippen LogP contribution < -0.4 is 10.6 Å². The molecule has 2 N–H and O–H groups in total. The van der Waals surface area contributed by atoms with Crippen molar-refractivity contribution in [2.45, 2.75) is 39.4 Å². The average molecular weight is 295 g/mol. The van der Waals surface area contributed by atoms with Crippen LogP contribution in [0.3, 0.4) is 0 Å². The summed E-state index contributed by atoms with van der Waals surface area (Å²) >= 11 is 1.45. The molecule has 1 aromatic heterocycles. The quantitative estimate of drug-likeness (QED) is 0.881. The van der Waals surface area contributed by atoms with Crippen molar-refractivity contribution in [3.8, 4) is 0 Å². The summed E-state index contributed by atoms with van der Waals surface area (Å²) < 4.78 is 0. The van der Waals surface area contributed by atoms with Gasteiger partial charge in [0.2, 0.25) is 5.91 Å². The van der Waals surface area contributed by atoms with Gasteiger partial charge in [-0.2, -0.15) is 0 Å². The average Bonchev–Trinajstić information content (AvgIpc) is 2.83. The predicted molar refractivity (Wildman–Crippen MR) is 79.8 cm³/mol. The Kier molecular flexibility index (Phi) is 4.77. The summed E-state index contributed by atoms with van der Waals surface area (Å²) in [5, 5.41) is 6.16. The van der Waals surface area contributed by atoms with Gasteiger partial charge in [0.25, 0.3) is 5.91 Å². The lowest BCUT2D eigenvalue weighted by molar-refractivity contribution is -0.119. The lowest BCUT2D eigenvalue weighted by atomic mass is 10.1. The van der Waals surface area contributed by atoms with Crippen LogP contribution in [-0.4, -0.2) is 41.9 Å². The van der Waals surface area contributed by atoms with Crippen LogP contribution in [0.15, 0.2) is 12.1 Å². The summed E-state index contributed by atoms with van der Waals surface area (Å²) in [6.07, 6.45) is 0. The molecule has 2 rings (SSSR count). The van der Waals surface area contributed by atoms with E-state index in [2.05, 4.69) is 24.5 Å². The molecule has 1 saturated heterocycles. The Hall–Kier alpha value is -1.40. The molecule has 0 spiro atoms. The molecule has 1 aromatic rings. The van der Waals surface area contributed by atoms with Gasteiger partial charge in [0.15, 0.2) is 0 Å². The van der Waals surface area contributed by atoms with Gasteiger partial charge < -0.3 is 15.5 Å². The van der Waals surface area contributed by atoms with E-state index in [0.29, 0.717) is 18.6 Å². The van der Waals surface area contributed by atoms with Crippen molar-refractivity contribution in [2.24, 2.45) is 0 Å². The van der Waals surface area contributed by atoms with Gasteiger partial charge in [-0.1, -0.05) is 0 Å². The number of hydrogen-bond donors (Lipinski definition) is 2. The second kappa shape index (κ2) is 6.37. The predicted octanol–water partition coefficient (Wildman–Crippen LogP) is 1.21. The zero-order valence-electron chi connectivity index (χ0n) is 12.1. The topological polar surface area (TPSA) is 61.4 Å². The number of rotatable bonds is 3. The molecule has 5 nitrogen and oxygen atoms in total. The Morgan fingerprint density at radius 3 is 2.60 bits per heavy atom. The molecule has 2 amide bonds. The number of amides is 2. The summed E-state index contributed by atoms with van der Waals surface area (Å²) in [5.41, 5.74) is 0. The molecule has 110 valence electrons. The molecule has 0 bridgehead atoms. The van der Waals surface area contributed by atoms with Crippen molar-refractivity contribution in [1.29, 1.82) is 0 Å². The van der Waals surface area contributed by atoms with Gasteiger partial charge >= 0.3 is 0 Å². The van der Waals surface area contributed by atoms with Crippen LogP contribution in [-0.2, 0) is 11.3 Å². The first kappa shape index (κ1) is 15.0. The first-order chi connectivity index (χ1) is 9.45. The molecule has 1 fully saturated rings. The van der Waals surface area contributed by atoms with Gasteiger partial charge in [-0.25, -0.2) is 0 Å². The molecule has 6 heteroatoms. The Balaban J connectivity index is 2.00. The van der Waals surface area contributed by atoms with E-state index in [1.807, 2.05) is 17.0 Å². The standard InChI is InChI=1S/C14H21N3O2S/c1-9-7-17(8-10(2)16-9)14(19)13-5-4-12(20-13)6-15-11(3)18/h4-5,9-10,16H,6-8H2,1-3H3,(H,15,18)/t9-,10-/m0/s1. The van der Waals surface area contributed by atoms with E-state index >= 15 is 0 Å². The second-order valence-electron chi connectivity index (χ2n) is 5.35. The second-order valence-corrected chi connectivity index (χ2v) is 6.52. The van der Waals surface area contributed by atoms with E-state index < -0.39 is 0 Å². The summed E-state index contributed by atoms with van der Waals surface area (Å²) in [5.74, 6) is 0.0281. The van der Waals surface area contributed by atoms with Gasteiger partial charge in [0.05, 0.1) is 11.4 Å². The highest BCUT2D eigenvalue weighted by Crippen LogP contribution is 2.19. The maximum atomic E-state index is 12.5. The lowest BCUT2D eigenvalue weighted by Gasteiger charge is -2.35. The highest BCUT2D eigenvalue weighted by molar-refractivity contribution is 7.14. The zero-order valence-corrected chi connectivity index (χ0v) is 12.9. The minimum Gasteiger partial charge on any atom is -0.351 e. The number of carbonyl (C=O) groups excluding carboxylic acids is 2. The molecule has 1 aliphatic heterocycles. The number of nitrogens with one attached hydrogen (secondary N) is 2. The minimum atomic E-state index is -0.0592. The van der Waals surface area contributed by atoms with Crippen molar-refractivity contribution < 1.29 is 9.59 Å². The molecule has 2 heterocycles. The third-order valence-corrected chi connectivity index (χ3v) is 4.30. The molecular formula is C14H21N3O2S. The van der Waals surface area contributed by atoms with Gasteiger partial charge in [0, 0.05) is 37.0 Å². The molecule has 0 radical (unpaired) electrons. The van der Waals surface area contributed by atoms with Crippen LogP contribution in [0, 0.1) is 0 Å². The van der Waals surface area contributed by atoms with Gasteiger partial charge in [0.1, 0.15) is 0 Å². The Labute approximate surface area is 123 Å². The van der Waals surface area contributed by atoms with Gasteiger partial charge in [-0.15, -0.1) is 11.3 Å². The molecular weight excluding hydrogens is 274 g/mol. The fraction of sp³-hybridized carbons (Fsp3) is 0.571. The molecule has 1 aliphatic rings. The Bertz CT molecular complexity index is 490. The molecule has 0 unspecified atom stereocenters. The van der Waals surface area contributed by atoms with Crippen LogP contribution in [0.4, 0.5) is 0 Å². The van der Waals surface area contributed by atoms with Crippen molar-refractivity contribution in [3.05, 3.63) is 21.9 Å². The summed E-state index contributed by atoms with van der Waals surface area (Å²) in [7, 11) is 0. The summed E-state index contributed by atoms with van der Waals surface area (Å²) in [6.45, 7) is 7.63. The van der Waals surface area contributed by atoms with E-state index in [4.69, 9.17) is 0 Å². The lowest BCUT2D eigenvalue weighted by Crippen LogP contribution is -2.55. The monoisotopic (exact) mass is 295 g/mol. The smallest absolute Gasteiger partial charge is 0.264 e. The molecule has 20 heavy (non-hydrogen) atoms. The maximum absolute atomic E-state index is 12.5. The van der Waals surface area contributed by atoms with E-state index in [-0.39, 0.29) is 11.8 Å². The van der Waals surface area contributed by atoms with Crippen LogP contribution in [0.2, 0.25) is 0 Å². The molecule has 2 atom stereocenters. The number of nitrogens with zero attached hydrogens (tertiary/aromatic N) is 1. The first-order valence-electron chi connectivity index (χ1n) is 6.84. The third kappa shape index (κ3) is 3.80. The number of carbonyl (C=O) groups is 2. The van der Waals surface area contributed by atoms with E-state index in [1.54, 1.807) is 0 Å². The number of hydrogen-bond acceptors (Lipinski definition) is 4. The Morgan fingerprint density at radius 1 is 1.35 bits per heavy atom. The first-order valence-corrected chi connectivity index (χ1v) is 7.66. The number of thiophene rings is 1. The van der Waals surface area contributed by atoms with Gasteiger partial charge in [-0.05, 0) is 26.0 Å². The van der Waals surface area contributed by atoms with Crippen molar-refractivity contribution in [1.82, 2.24) is 15.5 Å². The summed E-state index contributed by atoms with van der Waals surface area (Å²) in [4.78, 5) is 27.0. The minimum absolute atomic E-state index is 0.0592. The molecule has 0 saturated carbocycles. The number of piperazine rings is 1. The third-order valence-electron chi connectivity index (χ3n) is 3.23. The van der Waals surface area contributed by atoms with E-state index in [9.17, 15) is 9.59 Å². The fourth-order valence-electron chi connectivity index (χ4n) is 2.45. The van der Waals surface area contributed by atoms with Crippen LogP contribution in [0.5, 0.6) is 0 Å².